The highest BCUT2D eigenvalue weighted by Gasteiger charge is 2.10. The van der Waals surface area contributed by atoms with Crippen LogP contribution < -0.4 is 4.74 Å². The predicted molar refractivity (Wildman–Crippen MR) is 77.4 cm³/mol. The first kappa shape index (κ1) is 12.2. The number of fused-ring (bicyclic) bond motifs is 1. The number of benzene rings is 2. The molecular formula is C16H13N3O. The number of aromatic amines is 1. The zero-order valence-electron chi connectivity index (χ0n) is 11.1. The molecule has 0 saturated carbocycles. The van der Waals surface area contributed by atoms with Gasteiger partial charge in [0.15, 0.2) is 0 Å². The van der Waals surface area contributed by atoms with Crippen LogP contribution in [-0.2, 0) is 6.42 Å². The largest absolute Gasteiger partial charge is 0.496 e. The molecule has 4 heteroatoms. The highest BCUT2D eigenvalue weighted by atomic mass is 16.5. The van der Waals surface area contributed by atoms with Crippen LogP contribution in [0.3, 0.4) is 0 Å². The summed E-state index contributed by atoms with van der Waals surface area (Å²) in [7, 11) is 1.65. The average Bonchev–Trinajstić information content (AvgIpc) is 2.90. The maximum absolute atomic E-state index is 8.75. The van der Waals surface area contributed by atoms with E-state index in [1.165, 1.54) is 0 Å². The number of imidazole rings is 1. The van der Waals surface area contributed by atoms with E-state index in [0.29, 0.717) is 6.42 Å². The molecule has 0 aliphatic heterocycles. The summed E-state index contributed by atoms with van der Waals surface area (Å²) >= 11 is 0. The van der Waals surface area contributed by atoms with Gasteiger partial charge in [0.05, 0.1) is 36.2 Å². The van der Waals surface area contributed by atoms with E-state index >= 15 is 0 Å². The molecule has 0 unspecified atom stereocenters. The van der Waals surface area contributed by atoms with E-state index in [2.05, 4.69) is 16.0 Å². The van der Waals surface area contributed by atoms with Crippen molar-refractivity contribution < 1.29 is 4.74 Å². The second-order valence-electron chi connectivity index (χ2n) is 4.47. The van der Waals surface area contributed by atoms with Gasteiger partial charge in [-0.05, 0) is 29.8 Å². The number of ether oxygens (including phenoxy) is 1. The molecule has 1 aromatic heterocycles. The van der Waals surface area contributed by atoms with Crippen LogP contribution in [0.4, 0.5) is 0 Å². The molecule has 1 N–H and O–H groups in total. The first-order chi connectivity index (χ1) is 9.81. The highest BCUT2D eigenvalue weighted by Crippen LogP contribution is 2.29. The van der Waals surface area contributed by atoms with Gasteiger partial charge in [-0.25, -0.2) is 4.98 Å². The second kappa shape index (κ2) is 5.06. The summed E-state index contributed by atoms with van der Waals surface area (Å²) in [6, 6.07) is 15.7. The smallest absolute Gasteiger partial charge is 0.142 e. The zero-order valence-corrected chi connectivity index (χ0v) is 11.1. The van der Waals surface area contributed by atoms with Gasteiger partial charge in [-0.3, -0.25) is 0 Å². The first-order valence-corrected chi connectivity index (χ1v) is 6.31. The number of rotatable bonds is 3. The van der Waals surface area contributed by atoms with Crippen LogP contribution >= 0.6 is 0 Å². The highest BCUT2D eigenvalue weighted by molar-refractivity contribution is 5.81. The topological polar surface area (TPSA) is 61.7 Å². The van der Waals surface area contributed by atoms with Crippen LogP contribution in [0.15, 0.2) is 42.5 Å². The Labute approximate surface area is 116 Å². The van der Waals surface area contributed by atoms with Crippen molar-refractivity contribution in [2.75, 3.05) is 7.11 Å². The molecule has 0 bridgehead atoms. The Kier molecular flexibility index (Phi) is 3.10. The van der Waals surface area contributed by atoms with Crippen molar-refractivity contribution in [3.05, 3.63) is 48.0 Å². The van der Waals surface area contributed by atoms with Gasteiger partial charge in [-0.1, -0.05) is 18.2 Å². The van der Waals surface area contributed by atoms with Crippen LogP contribution in [-0.4, -0.2) is 17.1 Å². The van der Waals surface area contributed by atoms with Crippen LogP contribution in [0.2, 0.25) is 0 Å². The number of nitrogens with one attached hydrogen (secondary N) is 1. The monoisotopic (exact) mass is 263 g/mol. The quantitative estimate of drug-likeness (QED) is 0.788. The lowest BCUT2D eigenvalue weighted by Gasteiger charge is -2.04. The number of methoxy groups -OCH3 is 1. The van der Waals surface area contributed by atoms with Gasteiger partial charge < -0.3 is 9.72 Å². The summed E-state index contributed by atoms with van der Waals surface area (Å²) in [6.07, 6.45) is 0.402. The van der Waals surface area contributed by atoms with E-state index in [-0.39, 0.29) is 0 Å². The summed E-state index contributed by atoms with van der Waals surface area (Å²) in [5.74, 6) is 1.55. The van der Waals surface area contributed by atoms with Crippen molar-refractivity contribution in [3.8, 4) is 23.2 Å². The number of hydrogen-bond donors (Lipinski definition) is 1. The Balaban J connectivity index is 2.11. The molecular weight excluding hydrogens is 250 g/mol. The molecule has 0 aliphatic carbocycles. The fourth-order valence-corrected chi connectivity index (χ4v) is 2.23. The van der Waals surface area contributed by atoms with E-state index in [1.54, 1.807) is 7.11 Å². The Hall–Kier alpha value is -2.80. The Morgan fingerprint density at radius 2 is 2.10 bits per heavy atom. The lowest BCUT2D eigenvalue weighted by molar-refractivity contribution is 0.416. The van der Waals surface area contributed by atoms with Gasteiger partial charge in [0.25, 0.3) is 0 Å². The van der Waals surface area contributed by atoms with Crippen molar-refractivity contribution >= 4 is 11.0 Å². The van der Waals surface area contributed by atoms with E-state index in [9.17, 15) is 0 Å². The van der Waals surface area contributed by atoms with E-state index < -0.39 is 0 Å². The molecule has 4 nitrogen and oxygen atoms in total. The van der Waals surface area contributed by atoms with Crippen molar-refractivity contribution in [3.63, 3.8) is 0 Å². The summed E-state index contributed by atoms with van der Waals surface area (Å²) in [5.41, 5.74) is 3.72. The molecule has 0 fully saturated rings. The third kappa shape index (κ3) is 2.10. The number of nitrogens with zero attached hydrogens (tertiary/aromatic N) is 2. The summed E-state index contributed by atoms with van der Waals surface area (Å²) < 4.78 is 5.35. The fourth-order valence-electron chi connectivity index (χ4n) is 2.23. The zero-order chi connectivity index (χ0) is 13.9. The van der Waals surface area contributed by atoms with Gasteiger partial charge in [0, 0.05) is 0 Å². The normalized spacial score (nSPS) is 10.4. The molecule has 0 atom stereocenters. The average molecular weight is 263 g/mol. The third-order valence-corrected chi connectivity index (χ3v) is 3.19. The van der Waals surface area contributed by atoms with E-state index in [1.807, 2.05) is 42.5 Å². The number of H-pyrrole nitrogens is 1. The van der Waals surface area contributed by atoms with Crippen LogP contribution in [0.5, 0.6) is 5.75 Å². The fraction of sp³-hybridized carbons (Fsp3) is 0.125. The van der Waals surface area contributed by atoms with Gasteiger partial charge >= 0.3 is 0 Å². The van der Waals surface area contributed by atoms with Crippen molar-refractivity contribution in [1.29, 1.82) is 5.26 Å². The van der Waals surface area contributed by atoms with E-state index in [4.69, 9.17) is 10.00 Å². The molecule has 3 aromatic rings. The lowest BCUT2D eigenvalue weighted by Crippen LogP contribution is -1.88. The minimum absolute atomic E-state index is 0.402. The molecule has 0 amide bonds. The Morgan fingerprint density at radius 1 is 1.25 bits per heavy atom. The molecule has 0 radical (unpaired) electrons. The second-order valence-corrected chi connectivity index (χ2v) is 4.47. The maximum Gasteiger partial charge on any atom is 0.142 e. The van der Waals surface area contributed by atoms with Gasteiger partial charge in [0.1, 0.15) is 11.6 Å². The Bertz CT molecular complexity index is 799. The van der Waals surface area contributed by atoms with Gasteiger partial charge in [0.2, 0.25) is 0 Å². The minimum Gasteiger partial charge on any atom is -0.496 e. The maximum atomic E-state index is 8.75. The van der Waals surface area contributed by atoms with Crippen molar-refractivity contribution in [2.45, 2.75) is 6.42 Å². The molecule has 20 heavy (non-hydrogen) atoms. The number of nitriles is 1. The number of para-hydroxylation sites is 1. The van der Waals surface area contributed by atoms with Gasteiger partial charge in [-0.15, -0.1) is 0 Å². The van der Waals surface area contributed by atoms with Gasteiger partial charge in [-0.2, -0.15) is 5.26 Å². The number of aromatic nitrogens is 2. The van der Waals surface area contributed by atoms with Crippen LogP contribution in [0.1, 0.15) is 5.56 Å². The molecule has 0 spiro atoms. The number of hydrogen-bond acceptors (Lipinski definition) is 3. The molecule has 1 heterocycles. The van der Waals surface area contributed by atoms with Crippen LogP contribution in [0, 0.1) is 11.3 Å². The third-order valence-electron chi connectivity index (χ3n) is 3.19. The van der Waals surface area contributed by atoms with Crippen molar-refractivity contribution in [1.82, 2.24) is 9.97 Å². The SMILES string of the molecule is COc1ccccc1-c1nc2ccc(CC#N)cc2[nH]1. The molecule has 0 aliphatic rings. The minimum atomic E-state index is 0.402. The van der Waals surface area contributed by atoms with Crippen molar-refractivity contribution in [2.24, 2.45) is 0 Å². The predicted octanol–water partition coefficient (Wildman–Crippen LogP) is 3.30. The molecule has 0 saturated heterocycles. The molecule has 2 aromatic carbocycles. The summed E-state index contributed by atoms with van der Waals surface area (Å²) in [5, 5.41) is 8.75. The summed E-state index contributed by atoms with van der Waals surface area (Å²) in [4.78, 5) is 7.86. The van der Waals surface area contributed by atoms with Crippen LogP contribution in [0.25, 0.3) is 22.4 Å². The molecule has 3 rings (SSSR count). The van der Waals surface area contributed by atoms with E-state index in [0.717, 1.165) is 33.7 Å². The first-order valence-electron chi connectivity index (χ1n) is 6.31. The molecule has 98 valence electrons. The standard InChI is InChI=1S/C16H13N3O/c1-20-15-5-3-2-4-12(15)16-18-13-7-6-11(8-9-17)10-14(13)19-16/h2-7,10H,8H2,1H3,(H,18,19). The lowest BCUT2D eigenvalue weighted by atomic mass is 10.1. The Morgan fingerprint density at radius 3 is 2.90 bits per heavy atom. The summed E-state index contributed by atoms with van der Waals surface area (Å²) in [6.45, 7) is 0.